The molecule has 2 aromatic carbocycles. The van der Waals surface area contributed by atoms with E-state index in [9.17, 15) is 8.42 Å². The minimum absolute atomic E-state index is 0.00877. The molecule has 0 aliphatic rings. The number of fused-ring (bicyclic) bond motifs is 1. The average molecular weight is 377 g/mol. The zero-order valence-corrected chi connectivity index (χ0v) is 14.9. The van der Waals surface area contributed by atoms with Gasteiger partial charge in [0.05, 0.1) is 16.1 Å². The zero-order chi connectivity index (χ0) is 19.0. The number of nitrogens with two attached hydrogens (primary N) is 2. The van der Waals surface area contributed by atoms with Gasteiger partial charge in [-0.1, -0.05) is 48.5 Å². The van der Waals surface area contributed by atoms with E-state index in [-0.39, 0.29) is 10.8 Å². The van der Waals surface area contributed by atoms with Gasteiger partial charge >= 0.3 is 0 Å². The van der Waals surface area contributed by atoms with Crippen molar-refractivity contribution in [2.24, 2.45) is 5.14 Å². The number of pyridine rings is 1. The van der Waals surface area contributed by atoms with Gasteiger partial charge in [0.2, 0.25) is 16.0 Å². The van der Waals surface area contributed by atoms with E-state index in [2.05, 4.69) is 15.0 Å². The van der Waals surface area contributed by atoms with Gasteiger partial charge in [0, 0.05) is 11.1 Å². The summed E-state index contributed by atoms with van der Waals surface area (Å²) in [6.45, 7) is 0. The van der Waals surface area contributed by atoms with Crippen molar-refractivity contribution in [1.29, 1.82) is 0 Å². The molecule has 8 heteroatoms. The van der Waals surface area contributed by atoms with Gasteiger partial charge in [-0.05, 0) is 18.2 Å². The Bertz CT molecular complexity index is 1260. The summed E-state index contributed by atoms with van der Waals surface area (Å²) in [5.74, 6) is 0.140. The van der Waals surface area contributed by atoms with Gasteiger partial charge in [0.25, 0.3) is 0 Å². The number of nitrogens with zero attached hydrogens (tertiary/aromatic N) is 3. The van der Waals surface area contributed by atoms with Gasteiger partial charge < -0.3 is 5.73 Å². The molecule has 0 atom stereocenters. The van der Waals surface area contributed by atoms with Crippen LogP contribution in [0.2, 0.25) is 0 Å². The summed E-state index contributed by atoms with van der Waals surface area (Å²) in [5.41, 5.74) is 9.22. The van der Waals surface area contributed by atoms with E-state index in [4.69, 9.17) is 10.9 Å². The van der Waals surface area contributed by atoms with E-state index in [1.54, 1.807) is 30.3 Å². The molecule has 4 rings (SSSR count). The molecule has 0 radical (unpaired) electrons. The number of anilines is 1. The lowest BCUT2D eigenvalue weighted by Gasteiger charge is -2.10. The highest BCUT2D eigenvalue weighted by Crippen LogP contribution is 2.30. The number of aromatic nitrogens is 3. The first-order chi connectivity index (χ1) is 12.9. The Morgan fingerprint density at radius 1 is 0.778 bits per heavy atom. The van der Waals surface area contributed by atoms with Crippen molar-refractivity contribution in [2.45, 2.75) is 4.90 Å². The molecule has 2 aromatic heterocycles. The molecule has 0 unspecified atom stereocenters. The van der Waals surface area contributed by atoms with Crippen LogP contribution in [0.3, 0.4) is 0 Å². The topological polar surface area (TPSA) is 125 Å². The summed E-state index contributed by atoms with van der Waals surface area (Å²) in [4.78, 5) is 13.2. The number of nitrogen functional groups attached to an aromatic ring is 1. The Morgan fingerprint density at radius 2 is 1.48 bits per heavy atom. The third kappa shape index (κ3) is 3.23. The minimum Gasteiger partial charge on any atom is -0.368 e. The van der Waals surface area contributed by atoms with E-state index in [1.807, 2.05) is 30.3 Å². The average Bonchev–Trinajstić information content (AvgIpc) is 2.67. The van der Waals surface area contributed by atoms with Crippen LogP contribution in [-0.4, -0.2) is 23.4 Å². The van der Waals surface area contributed by atoms with E-state index in [0.717, 1.165) is 5.56 Å². The second kappa shape index (κ2) is 6.42. The Labute approximate surface area is 155 Å². The fourth-order valence-corrected chi connectivity index (χ4v) is 3.65. The Hall–Kier alpha value is -3.36. The summed E-state index contributed by atoms with van der Waals surface area (Å²) in [6.07, 6.45) is 0. The van der Waals surface area contributed by atoms with E-state index < -0.39 is 10.0 Å². The van der Waals surface area contributed by atoms with E-state index in [0.29, 0.717) is 28.0 Å². The van der Waals surface area contributed by atoms with Crippen molar-refractivity contribution in [2.75, 3.05) is 5.73 Å². The second-order valence-electron chi connectivity index (χ2n) is 5.90. The van der Waals surface area contributed by atoms with Crippen LogP contribution in [0, 0.1) is 0 Å². The molecule has 4 N–H and O–H groups in total. The van der Waals surface area contributed by atoms with Crippen LogP contribution in [-0.2, 0) is 10.0 Å². The molecule has 4 aromatic rings. The smallest absolute Gasteiger partial charge is 0.238 e. The maximum absolute atomic E-state index is 11.9. The first-order valence-corrected chi connectivity index (χ1v) is 9.60. The van der Waals surface area contributed by atoms with Crippen molar-refractivity contribution in [1.82, 2.24) is 15.0 Å². The van der Waals surface area contributed by atoms with Crippen LogP contribution in [0.1, 0.15) is 0 Å². The van der Waals surface area contributed by atoms with Gasteiger partial charge in [0.15, 0.2) is 0 Å². The molecule has 0 aliphatic carbocycles. The third-order valence-electron chi connectivity index (χ3n) is 4.08. The molecule has 0 saturated heterocycles. The molecule has 134 valence electrons. The first kappa shape index (κ1) is 17.1. The fourth-order valence-electron chi connectivity index (χ4n) is 2.91. The summed E-state index contributed by atoms with van der Waals surface area (Å²) in [6, 6.07) is 19.4. The van der Waals surface area contributed by atoms with Crippen molar-refractivity contribution in [3.05, 3.63) is 66.7 Å². The van der Waals surface area contributed by atoms with Crippen LogP contribution in [0.5, 0.6) is 0 Å². The number of hydrogen-bond donors (Lipinski definition) is 2. The number of sulfonamides is 1. The van der Waals surface area contributed by atoms with Crippen molar-refractivity contribution in [3.8, 4) is 22.5 Å². The quantitative estimate of drug-likeness (QED) is 0.565. The number of rotatable bonds is 3. The largest absolute Gasteiger partial charge is 0.368 e. The van der Waals surface area contributed by atoms with Crippen molar-refractivity contribution >= 4 is 27.0 Å². The van der Waals surface area contributed by atoms with Crippen LogP contribution >= 0.6 is 0 Å². The van der Waals surface area contributed by atoms with Gasteiger partial charge in [0.1, 0.15) is 11.2 Å². The van der Waals surface area contributed by atoms with Gasteiger partial charge in [-0.25, -0.2) is 28.5 Å². The lowest BCUT2D eigenvalue weighted by molar-refractivity contribution is 0.598. The second-order valence-corrected chi connectivity index (χ2v) is 7.43. The predicted molar refractivity (Wildman–Crippen MR) is 104 cm³/mol. The minimum atomic E-state index is -3.90. The SMILES string of the molecule is Nc1nc(-c2ccccc2)c2nc(-c3ccccc3S(N)(=O)=O)ccc2n1. The summed E-state index contributed by atoms with van der Waals surface area (Å²) < 4.78 is 23.9. The Balaban J connectivity index is 2.01. The van der Waals surface area contributed by atoms with Gasteiger partial charge in [-0.2, -0.15) is 0 Å². The monoisotopic (exact) mass is 377 g/mol. The molecular weight excluding hydrogens is 362 g/mol. The molecule has 7 nitrogen and oxygen atoms in total. The van der Waals surface area contributed by atoms with Gasteiger partial charge in [-0.3, -0.25) is 0 Å². The normalized spacial score (nSPS) is 11.6. The standard InChI is InChI=1S/C19H15N5O2S/c20-19-23-15-11-10-14(13-8-4-5-9-16(13)27(21,25)26)22-18(15)17(24-19)12-6-2-1-3-7-12/h1-11H,(H2,20,23,24)(H2,21,25,26). The molecule has 0 saturated carbocycles. The molecule has 0 amide bonds. The molecule has 2 heterocycles. The van der Waals surface area contributed by atoms with Crippen LogP contribution in [0.15, 0.2) is 71.6 Å². The Morgan fingerprint density at radius 3 is 2.22 bits per heavy atom. The van der Waals surface area contributed by atoms with Crippen molar-refractivity contribution < 1.29 is 8.42 Å². The lowest BCUT2D eigenvalue weighted by atomic mass is 10.1. The number of benzene rings is 2. The highest BCUT2D eigenvalue weighted by atomic mass is 32.2. The highest BCUT2D eigenvalue weighted by molar-refractivity contribution is 7.89. The van der Waals surface area contributed by atoms with Crippen molar-refractivity contribution in [3.63, 3.8) is 0 Å². The molecule has 0 aliphatic heterocycles. The van der Waals surface area contributed by atoms with E-state index >= 15 is 0 Å². The zero-order valence-electron chi connectivity index (χ0n) is 14.1. The summed E-state index contributed by atoms with van der Waals surface area (Å²) >= 11 is 0. The third-order valence-corrected chi connectivity index (χ3v) is 5.05. The maximum atomic E-state index is 11.9. The molecule has 0 spiro atoms. The molecule has 27 heavy (non-hydrogen) atoms. The fraction of sp³-hybridized carbons (Fsp3) is 0. The van der Waals surface area contributed by atoms with Crippen LogP contribution in [0.4, 0.5) is 5.95 Å². The molecular formula is C19H15N5O2S. The maximum Gasteiger partial charge on any atom is 0.238 e. The number of hydrogen-bond acceptors (Lipinski definition) is 6. The van der Waals surface area contributed by atoms with Crippen LogP contribution < -0.4 is 10.9 Å². The van der Waals surface area contributed by atoms with Crippen LogP contribution in [0.25, 0.3) is 33.5 Å². The lowest BCUT2D eigenvalue weighted by Crippen LogP contribution is -2.13. The van der Waals surface area contributed by atoms with E-state index in [1.165, 1.54) is 6.07 Å². The number of primary sulfonamides is 1. The summed E-state index contributed by atoms with van der Waals surface area (Å²) in [5, 5.41) is 5.35. The predicted octanol–water partition coefficient (Wildman–Crippen LogP) is 2.59. The van der Waals surface area contributed by atoms with Gasteiger partial charge in [-0.15, -0.1) is 0 Å². The molecule has 0 fully saturated rings. The first-order valence-electron chi connectivity index (χ1n) is 8.05. The highest BCUT2D eigenvalue weighted by Gasteiger charge is 2.17. The summed E-state index contributed by atoms with van der Waals surface area (Å²) in [7, 11) is -3.90. The molecule has 0 bridgehead atoms. The Kier molecular flexibility index (Phi) is 4.06.